The molecule has 1 aromatic rings. The summed E-state index contributed by atoms with van der Waals surface area (Å²) in [6.07, 6.45) is 0. The third-order valence-corrected chi connectivity index (χ3v) is 2.59. The van der Waals surface area contributed by atoms with Crippen LogP contribution in [-0.2, 0) is 0 Å². The molecule has 0 aliphatic carbocycles. The number of nitrogen functional groups attached to an aromatic ring is 1. The van der Waals surface area contributed by atoms with E-state index in [0.717, 1.165) is 8.95 Å². The van der Waals surface area contributed by atoms with Gasteiger partial charge < -0.3 is 5.73 Å². The number of carbonyl (C=O) groups excluding carboxylic acids is 1. The van der Waals surface area contributed by atoms with E-state index in [1.807, 2.05) is 6.07 Å². The monoisotopic (exact) mass is 291 g/mol. The lowest BCUT2D eigenvalue weighted by Crippen LogP contribution is -2.00. The maximum absolute atomic E-state index is 11.0. The van der Waals surface area contributed by atoms with Gasteiger partial charge in [-0.15, -0.1) is 0 Å². The van der Waals surface area contributed by atoms with E-state index in [1.165, 1.54) is 6.92 Å². The number of anilines is 1. The van der Waals surface area contributed by atoms with Gasteiger partial charge >= 0.3 is 0 Å². The second-order valence-electron chi connectivity index (χ2n) is 2.41. The first kappa shape index (κ1) is 9.74. The van der Waals surface area contributed by atoms with E-state index in [1.54, 1.807) is 6.07 Å². The second-order valence-corrected chi connectivity index (χ2v) is 4.18. The summed E-state index contributed by atoms with van der Waals surface area (Å²) in [5, 5.41) is 0. The van der Waals surface area contributed by atoms with E-state index >= 15 is 0 Å². The summed E-state index contributed by atoms with van der Waals surface area (Å²) in [4.78, 5) is 11.0. The molecule has 0 radical (unpaired) electrons. The Morgan fingerprint density at radius 1 is 1.42 bits per heavy atom. The first-order valence-corrected chi connectivity index (χ1v) is 4.86. The molecule has 0 bridgehead atoms. The number of ketones is 1. The number of carbonyl (C=O) groups is 1. The van der Waals surface area contributed by atoms with Crippen LogP contribution in [0.15, 0.2) is 21.1 Å². The Labute approximate surface area is 87.4 Å². The molecule has 0 aliphatic heterocycles. The minimum absolute atomic E-state index is 0.0329. The van der Waals surface area contributed by atoms with Crippen LogP contribution in [0.5, 0.6) is 0 Å². The molecule has 0 aromatic heterocycles. The Balaban J connectivity index is 3.37. The molecule has 4 heteroatoms. The zero-order chi connectivity index (χ0) is 9.30. The zero-order valence-electron chi connectivity index (χ0n) is 6.40. The van der Waals surface area contributed by atoms with Gasteiger partial charge in [0.25, 0.3) is 0 Å². The summed E-state index contributed by atoms with van der Waals surface area (Å²) in [6, 6.07) is 3.52. The minimum Gasteiger partial charge on any atom is -0.397 e. The summed E-state index contributed by atoms with van der Waals surface area (Å²) in [6.45, 7) is 1.49. The average molecular weight is 293 g/mol. The first-order valence-electron chi connectivity index (χ1n) is 3.28. The van der Waals surface area contributed by atoms with Crippen LogP contribution < -0.4 is 5.73 Å². The lowest BCUT2D eigenvalue weighted by Gasteiger charge is -2.04. The fourth-order valence-corrected chi connectivity index (χ4v) is 2.10. The number of hydrogen-bond donors (Lipinski definition) is 1. The highest BCUT2D eigenvalue weighted by Crippen LogP contribution is 2.28. The Bertz CT molecular complexity index is 336. The second kappa shape index (κ2) is 3.58. The number of Topliss-reactive ketones (excluding diaryl/α,β-unsaturated/α-hetero) is 1. The molecule has 0 spiro atoms. The van der Waals surface area contributed by atoms with Crippen molar-refractivity contribution >= 4 is 43.3 Å². The van der Waals surface area contributed by atoms with Gasteiger partial charge in [-0.1, -0.05) is 15.9 Å². The number of benzene rings is 1. The van der Waals surface area contributed by atoms with Crippen molar-refractivity contribution in [1.29, 1.82) is 0 Å². The van der Waals surface area contributed by atoms with Crippen molar-refractivity contribution in [2.75, 3.05) is 5.73 Å². The maximum atomic E-state index is 11.0. The topological polar surface area (TPSA) is 43.1 Å². The van der Waals surface area contributed by atoms with Crippen LogP contribution >= 0.6 is 31.9 Å². The van der Waals surface area contributed by atoms with Gasteiger partial charge in [0.2, 0.25) is 0 Å². The first-order chi connectivity index (χ1) is 5.52. The summed E-state index contributed by atoms with van der Waals surface area (Å²) in [5.41, 5.74) is 6.69. The molecule has 0 saturated heterocycles. The summed E-state index contributed by atoms with van der Waals surface area (Å²) in [7, 11) is 0. The van der Waals surface area contributed by atoms with Crippen LogP contribution in [0.4, 0.5) is 5.69 Å². The molecule has 2 N–H and O–H groups in total. The fraction of sp³-hybridized carbons (Fsp3) is 0.125. The zero-order valence-corrected chi connectivity index (χ0v) is 9.57. The van der Waals surface area contributed by atoms with Crippen LogP contribution in [0.1, 0.15) is 17.3 Å². The number of hydrogen-bond acceptors (Lipinski definition) is 2. The van der Waals surface area contributed by atoms with E-state index in [0.29, 0.717) is 11.3 Å². The van der Waals surface area contributed by atoms with E-state index in [2.05, 4.69) is 31.9 Å². The van der Waals surface area contributed by atoms with Crippen LogP contribution in [0.25, 0.3) is 0 Å². The molecule has 1 rings (SSSR count). The van der Waals surface area contributed by atoms with Crippen molar-refractivity contribution in [2.45, 2.75) is 6.92 Å². The molecule has 0 unspecified atom stereocenters. The van der Waals surface area contributed by atoms with Gasteiger partial charge in [0.15, 0.2) is 5.78 Å². The lowest BCUT2D eigenvalue weighted by atomic mass is 10.1. The maximum Gasteiger partial charge on any atom is 0.161 e. The van der Waals surface area contributed by atoms with Gasteiger partial charge in [-0.25, -0.2) is 0 Å². The van der Waals surface area contributed by atoms with Gasteiger partial charge in [-0.3, -0.25) is 4.79 Å². The Kier molecular flexibility index (Phi) is 2.90. The summed E-state index contributed by atoms with van der Waals surface area (Å²) < 4.78 is 1.58. The number of rotatable bonds is 1. The van der Waals surface area contributed by atoms with Gasteiger partial charge in [0, 0.05) is 14.5 Å². The fourth-order valence-electron chi connectivity index (χ4n) is 0.876. The molecular formula is C8H7Br2NO. The van der Waals surface area contributed by atoms with Crippen LogP contribution in [0.2, 0.25) is 0 Å². The molecule has 0 fully saturated rings. The largest absolute Gasteiger partial charge is 0.397 e. The molecule has 64 valence electrons. The molecule has 0 saturated carbocycles. The van der Waals surface area contributed by atoms with Crippen molar-refractivity contribution in [3.05, 3.63) is 26.6 Å². The van der Waals surface area contributed by atoms with Crippen molar-refractivity contribution < 1.29 is 4.79 Å². The Hall–Kier alpha value is -0.350. The smallest absolute Gasteiger partial charge is 0.161 e. The Morgan fingerprint density at radius 3 is 2.50 bits per heavy atom. The van der Waals surface area contributed by atoms with Gasteiger partial charge in [0.05, 0.1) is 5.69 Å². The highest BCUT2D eigenvalue weighted by atomic mass is 79.9. The van der Waals surface area contributed by atoms with Crippen molar-refractivity contribution in [3.63, 3.8) is 0 Å². The van der Waals surface area contributed by atoms with Crippen molar-refractivity contribution in [1.82, 2.24) is 0 Å². The standard InChI is InChI=1S/C8H7Br2NO/c1-4(12)6-2-5(9)3-7(10)8(6)11/h2-3H,11H2,1H3. The molecule has 0 heterocycles. The molecular weight excluding hydrogens is 286 g/mol. The SMILES string of the molecule is CC(=O)c1cc(Br)cc(Br)c1N. The van der Waals surface area contributed by atoms with Crippen molar-refractivity contribution in [3.8, 4) is 0 Å². The number of nitrogens with two attached hydrogens (primary N) is 1. The normalized spacial score (nSPS) is 9.92. The molecule has 0 atom stereocenters. The number of halogens is 2. The van der Waals surface area contributed by atoms with E-state index in [-0.39, 0.29) is 5.78 Å². The molecule has 12 heavy (non-hydrogen) atoms. The Morgan fingerprint density at radius 2 is 2.00 bits per heavy atom. The predicted molar refractivity (Wildman–Crippen MR) is 56.3 cm³/mol. The van der Waals surface area contributed by atoms with Gasteiger partial charge in [-0.2, -0.15) is 0 Å². The van der Waals surface area contributed by atoms with E-state index in [9.17, 15) is 4.79 Å². The van der Waals surface area contributed by atoms with Gasteiger partial charge in [0.1, 0.15) is 0 Å². The quantitative estimate of drug-likeness (QED) is 0.639. The molecule has 1 aromatic carbocycles. The van der Waals surface area contributed by atoms with E-state index in [4.69, 9.17) is 5.73 Å². The van der Waals surface area contributed by atoms with E-state index < -0.39 is 0 Å². The highest BCUT2D eigenvalue weighted by molar-refractivity contribution is 9.11. The molecule has 2 nitrogen and oxygen atoms in total. The van der Waals surface area contributed by atoms with Gasteiger partial charge in [-0.05, 0) is 35.0 Å². The molecule has 0 aliphatic rings. The predicted octanol–water partition coefficient (Wildman–Crippen LogP) is 3.00. The minimum atomic E-state index is -0.0329. The highest BCUT2D eigenvalue weighted by Gasteiger charge is 2.08. The third kappa shape index (κ3) is 1.87. The summed E-state index contributed by atoms with van der Waals surface area (Å²) in [5.74, 6) is -0.0329. The lowest BCUT2D eigenvalue weighted by molar-refractivity contribution is 0.101. The van der Waals surface area contributed by atoms with Crippen LogP contribution in [0, 0.1) is 0 Å². The van der Waals surface area contributed by atoms with Crippen molar-refractivity contribution in [2.24, 2.45) is 0 Å². The average Bonchev–Trinajstić information content (AvgIpc) is 1.96. The van der Waals surface area contributed by atoms with Crippen LogP contribution in [0.3, 0.4) is 0 Å². The third-order valence-electron chi connectivity index (χ3n) is 1.47. The molecule has 0 amide bonds. The summed E-state index contributed by atoms with van der Waals surface area (Å²) >= 11 is 6.54. The van der Waals surface area contributed by atoms with Crippen LogP contribution in [-0.4, -0.2) is 5.78 Å².